The summed E-state index contributed by atoms with van der Waals surface area (Å²) in [6.45, 7) is 0. The number of benzene rings is 3. The molecule has 3 aromatic carbocycles. The molecule has 5 aromatic rings. The molecule has 2 heterocycles. The van der Waals surface area contributed by atoms with Gasteiger partial charge in [-0.3, -0.25) is 0 Å². The molecular weight excluding hydrogens is 412 g/mol. The summed E-state index contributed by atoms with van der Waals surface area (Å²) in [6, 6.07) is 34.5. The number of nitrogens with zero attached hydrogens (tertiary/aromatic N) is 2. The smallest absolute Gasteiger partial charge is 0.134 e. The van der Waals surface area contributed by atoms with Gasteiger partial charge in [0, 0.05) is 22.6 Å². The lowest BCUT2D eigenvalue weighted by Crippen LogP contribution is -1.83. The zero-order valence-electron chi connectivity index (χ0n) is 17.1. The third-order valence-corrected chi connectivity index (χ3v) is 5.99. The van der Waals surface area contributed by atoms with E-state index >= 15 is 0 Å². The molecule has 0 spiro atoms. The lowest BCUT2D eigenvalue weighted by molar-refractivity contribution is 0.572. The van der Waals surface area contributed by atoms with Crippen molar-refractivity contribution in [3.63, 3.8) is 0 Å². The Labute approximate surface area is 190 Å². The Bertz CT molecular complexity index is 1410. The quantitative estimate of drug-likeness (QED) is 0.267. The van der Waals surface area contributed by atoms with Gasteiger partial charge in [-0.05, 0) is 23.3 Å². The normalized spacial score (nSPS) is 11.3. The number of nitriles is 1. The second-order valence-corrected chi connectivity index (χ2v) is 8.08. The number of thiazole rings is 1. The van der Waals surface area contributed by atoms with E-state index in [1.165, 1.54) is 16.9 Å². The molecule has 0 fully saturated rings. The highest BCUT2D eigenvalue weighted by atomic mass is 32.1. The maximum atomic E-state index is 9.71. The molecule has 0 unspecified atom stereocenters. The van der Waals surface area contributed by atoms with Crippen molar-refractivity contribution in [2.24, 2.45) is 0 Å². The maximum absolute atomic E-state index is 9.71. The highest BCUT2D eigenvalue weighted by Crippen LogP contribution is 2.30. The fourth-order valence-electron chi connectivity index (χ4n) is 3.47. The molecule has 0 saturated heterocycles. The van der Waals surface area contributed by atoms with E-state index in [0.717, 1.165) is 28.1 Å². The first kappa shape index (κ1) is 19.7. The first-order chi connectivity index (χ1) is 15.8. The molecule has 0 N–H and O–H groups in total. The monoisotopic (exact) mass is 430 g/mol. The third-order valence-electron chi connectivity index (χ3n) is 5.11. The fourth-order valence-corrected chi connectivity index (χ4v) is 4.26. The average molecular weight is 431 g/mol. The van der Waals surface area contributed by atoms with Gasteiger partial charge in [-0.25, -0.2) is 4.98 Å². The van der Waals surface area contributed by atoms with Gasteiger partial charge in [0.05, 0.1) is 11.3 Å². The van der Waals surface area contributed by atoms with Crippen LogP contribution in [-0.4, -0.2) is 4.98 Å². The zero-order chi connectivity index (χ0) is 21.8. The molecule has 4 heteroatoms. The summed E-state index contributed by atoms with van der Waals surface area (Å²) in [6.07, 6.45) is 1.74. The van der Waals surface area contributed by atoms with Crippen LogP contribution in [0, 0.1) is 11.3 Å². The highest BCUT2D eigenvalue weighted by Gasteiger charge is 2.11. The number of hydrogen-bond donors (Lipinski definition) is 0. The standard InChI is InChI=1S/C28H18N2OS/c29-18-24(17-25-15-16-27(31-25)23-9-5-2-6-10-23)28-30-26(19-32-28)22-13-11-21(12-14-22)20-7-3-1-4-8-20/h1-17,19H/b24-17+. The van der Waals surface area contributed by atoms with Gasteiger partial charge in [0.2, 0.25) is 0 Å². The van der Waals surface area contributed by atoms with E-state index in [0.29, 0.717) is 16.3 Å². The number of allylic oxidation sites excluding steroid dienone is 1. The molecule has 0 radical (unpaired) electrons. The second kappa shape index (κ2) is 8.89. The van der Waals surface area contributed by atoms with Crippen molar-refractivity contribution in [1.82, 2.24) is 4.98 Å². The summed E-state index contributed by atoms with van der Waals surface area (Å²) in [4.78, 5) is 4.70. The van der Waals surface area contributed by atoms with Crippen LogP contribution >= 0.6 is 11.3 Å². The van der Waals surface area contributed by atoms with E-state index in [-0.39, 0.29) is 0 Å². The fraction of sp³-hybridized carbons (Fsp3) is 0. The molecule has 0 aliphatic heterocycles. The second-order valence-electron chi connectivity index (χ2n) is 7.22. The Morgan fingerprint density at radius 2 is 1.38 bits per heavy atom. The molecule has 0 amide bonds. The Morgan fingerprint density at radius 3 is 2.06 bits per heavy atom. The van der Waals surface area contributed by atoms with Crippen LogP contribution in [0.3, 0.4) is 0 Å². The summed E-state index contributed by atoms with van der Waals surface area (Å²) in [5, 5.41) is 12.4. The van der Waals surface area contributed by atoms with Gasteiger partial charge in [0.25, 0.3) is 0 Å². The van der Waals surface area contributed by atoms with E-state index in [9.17, 15) is 5.26 Å². The lowest BCUT2D eigenvalue weighted by Gasteiger charge is -2.02. The van der Waals surface area contributed by atoms with Crippen molar-refractivity contribution >= 4 is 23.0 Å². The minimum absolute atomic E-state index is 0.483. The molecule has 0 aliphatic carbocycles. The number of rotatable bonds is 5. The Balaban J connectivity index is 1.38. The van der Waals surface area contributed by atoms with E-state index in [1.54, 1.807) is 6.08 Å². The van der Waals surface area contributed by atoms with Gasteiger partial charge < -0.3 is 4.42 Å². The van der Waals surface area contributed by atoms with Crippen molar-refractivity contribution in [3.8, 4) is 39.8 Å². The summed E-state index contributed by atoms with van der Waals surface area (Å²) in [5.41, 5.74) is 5.71. The van der Waals surface area contributed by atoms with Crippen LogP contribution in [0.25, 0.3) is 45.4 Å². The van der Waals surface area contributed by atoms with Gasteiger partial charge in [0.1, 0.15) is 22.6 Å². The predicted octanol–water partition coefficient (Wildman–Crippen LogP) is 7.80. The van der Waals surface area contributed by atoms with Crippen LogP contribution in [-0.2, 0) is 0 Å². The molecule has 0 saturated carbocycles. The number of hydrogen-bond acceptors (Lipinski definition) is 4. The van der Waals surface area contributed by atoms with Crippen molar-refractivity contribution in [3.05, 3.63) is 113 Å². The van der Waals surface area contributed by atoms with Gasteiger partial charge in [-0.15, -0.1) is 11.3 Å². The van der Waals surface area contributed by atoms with Gasteiger partial charge in [-0.1, -0.05) is 84.9 Å². The van der Waals surface area contributed by atoms with Gasteiger partial charge in [-0.2, -0.15) is 5.26 Å². The zero-order valence-corrected chi connectivity index (χ0v) is 17.9. The molecular formula is C28H18N2OS. The summed E-state index contributed by atoms with van der Waals surface area (Å²) < 4.78 is 5.92. The predicted molar refractivity (Wildman–Crippen MR) is 131 cm³/mol. The molecule has 3 nitrogen and oxygen atoms in total. The average Bonchev–Trinajstić information content (AvgIpc) is 3.54. The van der Waals surface area contributed by atoms with E-state index in [4.69, 9.17) is 9.40 Å². The van der Waals surface area contributed by atoms with E-state index in [2.05, 4.69) is 42.5 Å². The van der Waals surface area contributed by atoms with Crippen LogP contribution in [0.1, 0.15) is 10.8 Å². The Hall–Kier alpha value is -4.20. The number of aromatic nitrogens is 1. The highest BCUT2D eigenvalue weighted by molar-refractivity contribution is 7.11. The van der Waals surface area contributed by atoms with E-state index < -0.39 is 0 Å². The van der Waals surface area contributed by atoms with Crippen LogP contribution < -0.4 is 0 Å². The maximum Gasteiger partial charge on any atom is 0.134 e. The lowest BCUT2D eigenvalue weighted by atomic mass is 10.0. The largest absolute Gasteiger partial charge is 0.457 e. The molecule has 152 valence electrons. The van der Waals surface area contributed by atoms with Crippen LogP contribution in [0.2, 0.25) is 0 Å². The Morgan fingerprint density at radius 1 is 0.750 bits per heavy atom. The summed E-state index contributed by atoms with van der Waals surface area (Å²) in [7, 11) is 0. The SMILES string of the molecule is N#C/C(=C\c1ccc(-c2ccccc2)o1)c1nc(-c2ccc(-c3ccccc3)cc2)cs1. The topological polar surface area (TPSA) is 49.8 Å². The summed E-state index contributed by atoms with van der Waals surface area (Å²) in [5.74, 6) is 1.40. The van der Waals surface area contributed by atoms with Crippen LogP contribution in [0.4, 0.5) is 0 Å². The molecule has 0 aliphatic rings. The van der Waals surface area contributed by atoms with Crippen LogP contribution in [0.5, 0.6) is 0 Å². The van der Waals surface area contributed by atoms with Crippen molar-refractivity contribution in [2.45, 2.75) is 0 Å². The first-order valence-corrected chi connectivity index (χ1v) is 11.1. The molecule has 0 atom stereocenters. The summed E-state index contributed by atoms with van der Waals surface area (Å²) >= 11 is 1.46. The van der Waals surface area contributed by atoms with Gasteiger partial charge >= 0.3 is 0 Å². The van der Waals surface area contributed by atoms with Crippen molar-refractivity contribution < 1.29 is 4.42 Å². The third kappa shape index (κ3) is 4.15. The number of furan rings is 1. The molecule has 0 bridgehead atoms. The van der Waals surface area contributed by atoms with Crippen LogP contribution in [0.15, 0.2) is 107 Å². The minimum atomic E-state index is 0.483. The van der Waals surface area contributed by atoms with Crippen molar-refractivity contribution in [1.29, 1.82) is 5.26 Å². The first-order valence-electron chi connectivity index (χ1n) is 10.2. The van der Waals surface area contributed by atoms with Gasteiger partial charge in [0.15, 0.2) is 0 Å². The molecule has 5 rings (SSSR count). The minimum Gasteiger partial charge on any atom is -0.457 e. The molecule has 2 aromatic heterocycles. The Kier molecular flexibility index (Phi) is 5.48. The van der Waals surface area contributed by atoms with E-state index in [1.807, 2.05) is 66.0 Å². The van der Waals surface area contributed by atoms with Crippen molar-refractivity contribution in [2.75, 3.05) is 0 Å². The molecule has 32 heavy (non-hydrogen) atoms.